The summed E-state index contributed by atoms with van der Waals surface area (Å²) in [6.07, 6.45) is 4.96. The van der Waals surface area contributed by atoms with E-state index in [9.17, 15) is 0 Å². The lowest BCUT2D eigenvalue weighted by molar-refractivity contribution is 0.173. The van der Waals surface area contributed by atoms with Gasteiger partial charge in [-0.1, -0.05) is 12.1 Å². The van der Waals surface area contributed by atoms with Crippen LogP contribution < -0.4 is 4.74 Å². The maximum Gasteiger partial charge on any atom is 0.126 e. The molecule has 0 radical (unpaired) electrons. The summed E-state index contributed by atoms with van der Waals surface area (Å²) in [5.41, 5.74) is 1.20. The predicted octanol–water partition coefficient (Wildman–Crippen LogP) is 2.67. The van der Waals surface area contributed by atoms with Crippen molar-refractivity contribution in [3.8, 4) is 5.75 Å². The van der Waals surface area contributed by atoms with Gasteiger partial charge in [0.05, 0.1) is 13.4 Å². The van der Waals surface area contributed by atoms with Crippen LogP contribution in [0.15, 0.2) is 36.6 Å². The van der Waals surface area contributed by atoms with Gasteiger partial charge < -0.3 is 9.47 Å². The molecule has 0 fully saturated rings. The minimum absolute atomic E-state index is 0.200. The van der Waals surface area contributed by atoms with E-state index in [1.807, 2.05) is 30.3 Å². The first-order valence-electron chi connectivity index (χ1n) is 4.34. The van der Waals surface area contributed by atoms with Crippen LogP contribution >= 0.6 is 0 Å². The summed E-state index contributed by atoms with van der Waals surface area (Å²) in [6, 6.07) is 7.99. The minimum atomic E-state index is 0.200. The zero-order chi connectivity index (χ0) is 9.10. The van der Waals surface area contributed by atoms with Crippen molar-refractivity contribution < 1.29 is 9.47 Å². The molecule has 0 aromatic heterocycles. The van der Waals surface area contributed by atoms with Crippen molar-refractivity contribution in [2.24, 2.45) is 0 Å². The normalized spacial score (nSPS) is 19.9. The van der Waals surface area contributed by atoms with Crippen LogP contribution in [0.1, 0.15) is 18.1 Å². The van der Waals surface area contributed by atoms with Gasteiger partial charge in [-0.05, 0) is 23.8 Å². The topological polar surface area (TPSA) is 18.5 Å². The van der Waals surface area contributed by atoms with Gasteiger partial charge in [-0.3, -0.25) is 0 Å². The fourth-order valence-electron chi connectivity index (χ4n) is 1.42. The maximum absolute atomic E-state index is 5.39. The standard InChI is InChI=1S/C11H12O2/c1-12-10-6-4-9(5-7-10)11-3-2-8-13-11/h2,4-8,11H,3H2,1H3. The van der Waals surface area contributed by atoms with Gasteiger partial charge in [0, 0.05) is 6.42 Å². The zero-order valence-corrected chi connectivity index (χ0v) is 7.57. The number of hydrogen-bond donors (Lipinski definition) is 0. The lowest BCUT2D eigenvalue weighted by atomic mass is 10.1. The monoisotopic (exact) mass is 176 g/mol. The SMILES string of the molecule is COc1ccc(C2CC=CO2)cc1. The molecule has 1 atom stereocenters. The maximum atomic E-state index is 5.39. The van der Waals surface area contributed by atoms with Crippen molar-refractivity contribution >= 4 is 0 Å². The minimum Gasteiger partial charge on any atom is -0.497 e. The van der Waals surface area contributed by atoms with Gasteiger partial charge in [-0.15, -0.1) is 0 Å². The van der Waals surface area contributed by atoms with Crippen LogP contribution in [-0.4, -0.2) is 7.11 Å². The van der Waals surface area contributed by atoms with Gasteiger partial charge in [0.2, 0.25) is 0 Å². The van der Waals surface area contributed by atoms with Crippen LogP contribution in [0.2, 0.25) is 0 Å². The molecule has 13 heavy (non-hydrogen) atoms. The van der Waals surface area contributed by atoms with Crippen LogP contribution in [0.3, 0.4) is 0 Å². The summed E-state index contributed by atoms with van der Waals surface area (Å²) in [4.78, 5) is 0. The third kappa shape index (κ3) is 1.66. The van der Waals surface area contributed by atoms with Crippen molar-refractivity contribution in [1.82, 2.24) is 0 Å². The highest BCUT2D eigenvalue weighted by Crippen LogP contribution is 2.27. The summed E-state index contributed by atoms with van der Waals surface area (Å²) >= 11 is 0. The number of benzene rings is 1. The largest absolute Gasteiger partial charge is 0.497 e. The number of ether oxygens (including phenoxy) is 2. The summed E-state index contributed by atoms with van der Waals surface area (Å²) in [5, 5.41) is 0. The molecule has 1 aliphatic rings. The summed E-state index contributed by atoms with van der Waals surface area (Å²) < 4.78 is 10.5. The van der Waals surface area contributed by atoms with E-state index in [4.69, 9.17) is 9.47 Å². The zero-order valence-electron chi connectivity index (χ0n) is 7.57. The smallest absolute Gasteiger partial charge is 0.126 e. The Bertz CT molecular complexity index is 292. The molecule has 1 heterocycles. The third-order valence-corrected chi connectivity index (χ3v) is 2.18. The Kier molecular flexibility index (Phi) is 2.21. The Morgan fingerprint density at radius 2 is 2.08 bits per heavy atom. The summed E-state index contributed by atoms with van der Waals surface area (Å²) in [6.45, 7) is 0. The van der Waals surface area contributed by atoms with Crippen LogP contribution in [0, 0.1) is 0 Å². The lowest BCUT2D eigenvalue weighted by Crippen LogP contribution is -1.94. The fraction of sp³-hybridized carbons (Fsp3) is 0.273. The van der Waals surface area contributed by atoms with Crippen molar-refractivity contribution in [2.75, 3.05) is 7.11 Å². The Labute approximate surface area is 77.8 Å². The lowest BCUT2D eigenvalue weighted by Gasteiger charge is -2.10. The van der Waals surface area contributed by atoms with Crippen molar-refractivity contribution in [1.29, 1.82) is 0 Å². The van der Waals surface area contributed by atoms with Crippen molar-refractivity contribution in [2.45, 2.75) is 12.5 Å². The first kappa shape index (κ1) is 8.17. The van der Waals surface area contributed by atoms with E-state index in [1.54, 1.807) is 13.4 Å². The van der Waals surface area contributed by atoms with E-state index in [-0.39, 0.29) is 6.10 Å². The van der Waals surface area contributed by atoms with E-state index in [0.717, 1.165) is 12.2 Å². The van der Waals surface area contributed by atoms with E-state index in [1.165, 1.54) is 5.56 Å². The molecule has 0 spiro atoms. The molecule has 0 saturated heterocycles. The second-order valence-electron chi connectivity index (χ2n) is 3.01. The van der Waals surface area contributed by atoms with Crippen LogP contribution in [0.4, 0.5) is 0 Å². The number of hydrogen-bond acceptors (Lipinski definition) is 2. The van der Waals surface area contributed by atoms with Crippen molar-refractivity contribution in [3.63, 3.8) is 0 Å². The van der Waals surface area contributed by atoms with Gasteiger partial charge in [-0.25, -0.2) is 0 Å². The molecule has 2 heteroatoms. The van der Waals surface area contributed by atoms with E-state index in [2.05, 4.69) is 0 Å². The number of rotatable bonds is 2. The molecule has 2 nitrogen and oxygen atoms in total. The summed E-state index contributed by atoms with van der Waals surface area (Å²) in [5.74, 6) is 0.884. The third-order valence-electron chi connectivity index (χ3n) is 2.18. The fourth-order valence-corrected chi connectivity index (χ4v) is 1.42. The molecule has 0 aliphatic carbocycles. The van der Waals surface area contributed by atoms with Gasteiger partial charge in [0.15, 0.2) is 0 Å². The molecule has 0 amide bonds. The molecular formula is C11H12O2. The highest BCUT2D eigenvalue weighted by Gasteiger charge is 2.13. The second-order valence-corrected chi connectivity index (χ2v) is 3.01. The van der Waals surface area contributed by atoms with Crippen LogP contribution in [0.25, 0.3) is 0 Å². The molecule has 0 saturated carbocycles. The van der Waals surface area contributed by atoms with Crippen molar-refractivity contribution in [3.05, 3.63) is 42.2 Å². The average Bonchev–Trinajstić information content (AvgIpc) is 2.71. The molecule has 1 aromatic carbocycles. The second kappa shape index (κ2) is 3.52. The van der Waals surface area contributed by atoms with E-state index < -0.39 is 0 Å². The molecular weight excluding hydrogens is 164 g/mol. The Morgan fingerprint density at radius 1 is 1.31 bits per heavy atom. The first-order chi connectivity index (χ1) is 6.40. The Hall–Kier alpha value is -1.44. The van der Waals surface area contributed by atoms with Gasteiger partial charge in [-0.2, -0.15) is 0 Å². The van der Waals surface area contributed by atoms with Gasteiger partial charge in [0.1, 0.15) is 11.9 Å². The van der Waals surface area contributed by atoms with E-state index in [0.29, 0.717) is 0 Å². The summed E-state index contributed by atoms with van der Waals surface area (Å²) in [7, 11) is 1.67. The van der Waals surface area contributed by atoms with Gasteiger partial charge >= 0.3 is 0 Å². The molecule has 68 valence electrons. The van der Waals surface area contributed by atoms with Gasteiger partial charge in [0.25, 0.3) is 0 Å². The van der Waals surface area contributed by atoms with Crippen LogP contribution in [0.5, 0.6) is 5.75 Å². The molecule has 1 aromatic rings. The molecule has 2 rings (SSSR count). The highest BCUT2D eigenvalue weighted by molar-refractivity contribution is 5.29. The highest BCUT2D eigenvalue weighted by atomic mass is 16.5. The van der Waals surface area contributed by atoms with E-state index >= 15 is 0 Å². The quantitative estimate of drug-likeness (QED) is 0.689. The number of methoxy groups -OCH3 is 1. The average molecular weight is 176 g/mol. The van der Waals surface area contributed by atoms with Crippen LogP contribution in [-0.2, 0) is 4.74 Å². The molecule has 1 unspecified atom stereocenters. The predicted molar refractivity (Wildman–Crippen MR) is 50.6 cm³/mol. The molecule has 1 aliphatic heterocycles. The Morgan fingerprint density at radius 3 is 2.62 bits per heavy atom. The molecule has 0 bridgehead atoms. The first-order valence-corrected chi connectivity index (χ1v) is 4.34. The molecule has 0 N–H and O–H groups in total. The Balaban J connectivity index is 2.13.